The van der Waals surface area contributed by atoms with Gasteiger partial charge in [0.2, 0.25) is 0 Å². The van der Waals surface area contributed by atoms with Crippen molar-refractivity contribution in [1.82, 2.24) is 9.88 Å². The van der Waals surface area contributed by atoms with Crippen molar-refractivity contribution in [3.63, 3.8) is 0 Å². The number of likely N-dealkylation sites (tertiary alicyclic amines) is 1. The number of alkyl halides is 1. The Morgan fingerprint density at radius 2 is 2.19 bits per heavy atom. The van der Waals surface area contributed by atoms with Gasteiger partial charge in [-0.3, -0.25) is 4.90 Å². The van der Waals surface area contributed by atoms with E-state index in [0.29, 0.717) is 10.1 Å². The SMILES string of the molecule is Cc1cc(C=CC(=O)O)cnc1N[C@@H]1CCN(C(I)c2ccccc2)C1. The largest absolute Gasteiger partial charge is 0.478 e. The third-order valence-electron chi connectivity index (χ3n) is 4.47. The van der Waals surface area contributed by atoms with Crippen molar-refractivity contribution in [3.8, 4) is 0 Å². The number of carboxylic acid groups (broad SMARTS) is 1. The monoisotopic (exact) mass is 463 g/mol. The summed E-state index contributed by atoms with van der Waals surface area (Å²) in [6.45, 7) is 4.02. The van der Waals surface area contributed by atoms with E-state index >= 15 is 0 Å². The van der Waals surface area contributed by atoms with E-state index < -0.39 is 5.97 Å². The number of benzene rings is 1. The highest BCUT2D eigenvalue weighted by atomic mass is 127. The van der Waals surface area contributed by atoms with Gasteiger partial charge in [0.15, 0.2) is 0 Å². The molecule has 0 amide bonds. The van der Waals surface area contributed by atoms with Crippen molar-refractivity contribution in [2.45, 2.75) is 23.4 Å². The Morgan fingerprint density at radius 1 is 1.42 bits per heavy atom. The lowest BCUT2D eigenvalue weighted by molar-refractivity contribution is -0.131. The summed E-state index contributed by atoms with van der Waals surface area (Å²) in [4.78, 5) is 17.6. The van der Waals surface area contributed by atoms with Crippen LogP contribution in [0, 0.1) is 6.92 Å². The minimum absolute atomic E-state index is 0.364. The maximum atomic E-state index is 10.6. The van der Waals surface area contributed by atoms with Crippen LogP contribution in [0.2, 0.25) is 0 Å². The molecule has 0 bridgehead atoms. The number of rotatable bonds is 6. The van der Waals surface area contributed by atoms with Gasteiger partial charge in [0.05, 0.1) is 4.05 Å². The van der Waals surface area contributed by atoms with E-state index in [1.807, 2.05) is 19.1 Å². The summed E-state index contributed by atoms with van der Waals surface area (Å²) in [5, 5.41) is 12.3. The zero-order valence-electron chi connectivity index (χ0n) is 14.6. The Morgan fingerprint density at radius 3 is 2.88 bits per heavy atom. The fraction of sp³-hybridized carbons (Fsp3) is 0.300. The number of carbonyl (C=O) groups is 1. The predicted molar refractivity (Wildman–Crippen MR) is 112 cm³/mol. The van der Waals surface area contributed by atoms with Crippen molar-refractivity contribution < 1.29 is 9.90 Å². The van der Waals surface area contributed by atoms with E-state index in [-0.39, 0.29) is 0 Å². The number of carboxylic acids is 1. The second-order valence-corrected chi connectivity index (χ2v) is 7.66. The molecule has 1 aliphatic rings. The predicted octanol–water partition coefficient (Wildman–Crippen LogP) is 4.11. The summed E-state index contributed by atoms with van der Waals surface area (Å²) in [5.74, 6) is -0.0864. The molecule has 2 aromatic rings. The molecular formula is C20H22IN3O2. The number of pyridine rings is 1. The number of nitrogens with one attached hydrogen (secondary N) is 1. The zero-order valence-corrected chi connectivity index (χ0v) is 16.8. The van der Waals surface area contributed by atoms with Crippen LogP contribution in [0.5, 0.6) is 0 Å². The molecule has 6 heteroatoms. The molecule has 1 fully saturated rings. The number of nitrogens with zero attached hydrogens (tertiary/aromatic N) is 2. The minimum Gasteiger partial charge on any atom is -0.478 e. The lowest BCUT2D eigenvalue weighted by Gasteiger charge is -2.23. The molecule has 0 spiro atoms. The standard InChI is InChI=1S/C20H22IN3O2/c1-14-11-15(7-8-18(25)26)12-22-20(14)23-17-9-10-24(13-17)19(21)16-5-3-2-4-6-16/h2-8,11-12,17,19H,9-10,13H2,1H3,(H,22,23)(H,25,26)/t17-,19?/m1/s1. The second-order valence-electron chi connectivity index (χ2n) is 6.48. The fourth-order valence-corrected chi connectivity index (χ4v) is 4.05. The van der Waals surface area contributed by atoms with Gasteiger partial charge in [-0.15, -0.1) is 0 Å². The van der Waals surface area contributed by atoms with Crippen molar-refractivity contribution in [2.75, 3.05) is 18.4 Å². The van der Waals surface area contributed by atoms with Crippen LogP contribution in [0.25, 0.3) is 6.08 Å². The molecule has 1 aromatic carbocycles. The minimum atomic E-state index is -0.956. The van der Waals surface area contributed by atoms with Gasteiger partial charge in [-0.1, -0.05) is 52.9 Å². The van der Waals surface area contributed by atoms with Gasteiger partial charge in [0.25, 0.3) is 0 Å². The van der Waals surface area contributed by atoms with Gasteiger partial charge < -0.3 is 10.4 Å². The van der Waals surface area contributed by atoms with Crippen LogP contribution < -0.4 is 5.32 Å². The Bertz CT molecular complexity index is 795. The van der Waals surface area contributed by atoms with Crippen LogP contribution in [0.15, 0.2) is 48.7 Å². The molecule has 3 rings (SSSR count). The van der Waals surface area contributed by atoms with Crippen molar-refractivity contribution in [1.29, 1.82) is 0 Å². The first-order chi connectivity index (χ1) is 12.5. The molecule has 2 heterocycles. The Kier molecular flexibility index (Phi) is 6.26. The second kappa shape index (κ2) is 8.64. The molecule has 2 atom stereocenters. The highest BCUT2D eigenvalue weighted by molar-refractivity contribution is 14.1. The Labute approximate surface area is 167 Å². The van der Waals surface area contributed by atoms with Gasteiger partial charge in [0.1, 0.15) is 5.82 Å². The van der Waals surface area contributed by atoms with E-state index in [9.17, 15) is 4.79 Å². The van der Waals surface area contributed by atoms with Crippen molar-refractivity contribution in [3.05, 3.63) is 65.4 Å². The average molecular weight is 463 g/mol. The van der Waals surface area contributed by atoms with Gasteiger partial charge in [-0.2, -0.15) is 0 Å². The van der Waals surface area contributed by atoms with E-state index in [0.717, 1.165) is 42.5 Å². The summed E-state index contributed by atoms with van der Waals surface area (Å²) in [6.07, 6.45) is 5.47. The number of aryl methyl sites for hydroxylation is 1. The van der Waals surface area contributed by atoms with Crippen LogP contribution in [-0.4, -0.2) is 40.1 Å². The number of hydrogen-bond acceptors (Lipinski definition) is 4. The molecule has 5 nitrogen and oxygen atoms in total. The molecule has 1 aromatic heterocycles. The quantitative estimate of drug-likeness (QED) is 0.292. The van der Waals surface area contributed by atoms with E-state index in [4.69, 9.17) is 5.11 Å². The summed E-state index contributed by atoms with van der Waals surface area (Å²) in [6, 6.07) is 12.9. The molecule has 0 saturated carbocycles. The number of hydrogen-bond donors (Lipinski definition) is 2. The van der Waals surface area contributed by atoms with E-state index in [1.54, 1.807) is 12.3 Å². The lowest BCUT2D eigenvalue weighted by atomic mass is 10.1. The maximum absolute atomic E-state index is 10.6. The lowest BCUT2D eigenvalue weighted by Crippen LogP contribution is -2.27. The first-order valence-corrected chi connectivity index (χ1v) is 9.85. The van der Waals surface area contributed by atoms with Gasteiger partial charge in [-0.05, 0) is 42.2 Å². The van der Waals surface area contributed by atoms with Crippen LogP contribution in [0.1, 0.15) is 27.2 Å². The molecule has 0 aliphatic carbocycles. The normalized spacial score (nSPS) is 18.9. The molecule has 0 radical (unpaired) electrons. The smallest absolute Gasteiger partial charge is 0.328 e. The topological polar surface area (TPSA) is 65.5 Å². The molecule has 1 aliphatic heterocycles. The van der Waals surface area contributed by atoms with E-state index in [2.05, 4.69) is 62.1 Å². The van der Waals surface area contributed by atoms with E-state index in [1.165, 1.54) is 5.56 Å². The van der Waals surface area contributed by atoms with Crippen LogP contribution in [-0.2, 0) is 4.79 Å². The highest BCUT2D eigenvalue weighted by Crippen LogP contribution is 2.31. The molecule has 1 saturated heterocycles. The van der Waals surface area contributed by atoms with Crippen molar-refractivity contribution >= 4 is 40.5 Å². The Hall–Kier alpha value is -1.93. The molecule has 2 N–H and O–H groups in total. The van der Waals surface area contributed by atoms with Gasteiger partial charge >= 0.3 is 5.97 Å². The van der Waals surface area contributed by atoms with Gasteiger partial charge in [-0.25, -0.2) is 9.78 Å². The molecule has 1 unspecified atom stereocenters. The number of halogens is 1. The number of aliphatic carboxylic acids is 1. The average Bonchev–Trinajstić information content (AvgIpc) is 3.10. The van der Waals surface area contributed by atoms with Gasteiger partial charge in [0, 0.05) is 31.4 Å². The zero-order chi connectivity index (χ0) is 18.5. The third kappa shape index (κ3) is 4.82. The molecule has 136 valence electrons. The first kappa shape index (κ1) is 18.8. The third-order valence-corrected chi connectivity index (χ3v) is 5.98. The fourth-order valence-electron chi connectivity index (χ4n) is 3.13. The summed E-state index contributed by atoms with van der Waals surface area (Å²) < 4.78 is 0.373. The molecule has 26 heavy (non-hydrogen) atoms. The summed E-state index contributed by atoms with van der Waals surface area (Å²) in [5.41, 5.74) is 3.14. The van der Waals surface area contributed by atoms with Crippen LogP contribution in [0.3, 0.4) is 0 Å². The first-order valence-electron chi connectivity index (χ1n) is 8.60. The van der Waals surface area contributed by atoms with Crippen LogP contribution in [0.4, 0.5) is 5.82 Å². The van der Waals surface area contributed by atoms with Crippen LogP contribution >= 0.6 is 22.6 Å². The maximum Gasteiger partial charge on any atom is 0.328 e. The Balaban J connectivity index is 1.61. The summed E-state index contributed by atoms with van der Waals surface area (Å²) >= 11 is 2.50. The highest BCUT2D eigenvalue weighted by Gasteiger charge is 2.28. The number of anilines is 1. The number of aromatic nitrogens is 1. The summed E-state index contributed by atoms with van der Waals surface area (Å²) in [7, 11) is 0. The molecular weight excluding hydrogens is 441 g/mol. The van der Waals surface area contributed by atoms with Crippen molar-refractivity contribution in [2.24, 2.45) is 0 Å².